The Bertz CT molecular complexity index is 558. The molecule has 0 unspecified atom stereocenters. The molecule has 0 aliphatic rings. The molecule has 1 aromatic heterocycles. The molecule has 17 heavy (non-hydrogen) atoms. The van der Waals surface area contributed by atoms with Crippen molar-refractivity contribution in [3.63, 3.8) is 0 Å². The highest BCUT2D eigenvalue weighted by atomic mass is 15.1. The van der Waals surface area contributed by atoms with Crippen molar-refractivity contribution in [2.45, 2.75) is 33.2 Å². The van der Waals surface area contributed by atoms with Crippen LogP contribution in [0.15, 0.2) is 18.2 Å². The first-order valence-corrected chi connectivity index (χ1v) is 5.68. The molecule has 2 rings (SSSR count). The van der Waals surface area contributed by atoms with Crippen molar-refractivity contribution in [2.24, 2.45) is 0 Å². The van der Waals surface area contributed by atoms with Crippen LogP contribution in [-0.2, 0) is 0 Å². The Balaban J connectivity index is 2.58. The summed E-state index contributed by atoms with van der Waals surface area (Å²) in [4.78, 5) is 9.08. The molecule has 2 radical (unpaired) electrons. The maximum absolute atomic E-state index is 5.91. The van der Waals surface area contributed by atoms with Crippen LogP contribution in [0, 0.1) is 6.92 Å². The number of fused-ring (bicyclic) bond motifs is 1. The lowest BCUT2D eigenvalue weighted by molar-refractivity contribution is 0.629. The standard InChI is InChI=1S/C13H16BN3/c1-8-12(17-13(2,3)4)16-11-9(14)6-5-7-10(11)15-8/h5-7H,1-4H3,(H,16,17). The van der Waals surface area contributed by atoms with E-state index in [4.69, 9.17) is 7.85 Å². The predicted molar refractivity (Wildman–Crippen MR) is 73.0 cm³/mol. The summed E-state index contributed by atoms with van der Waals surface area (Å²) in [5, 5.41) is 3.34. The number of benzene rings is 1. The zero-order chi connectivity index (χ0) is 12.6. The van der Waals surface area contributed by atoms with Gasteiger partial charge in [0, 0.05) is 5.54 Å². The van der Waals surface area contributed by atoms with Gasteiger partial charge < -0.3 is 5.32 Å². The third-order valence-electron chi connectivity index (χ3n) is 2.39. The predicted octanol–water partition coefficient (Wildman–Crippen LogP) is 1.94. The van der Waals surface area contributed by atoms with Gasteiger partial charge in [-0.05, 0) is 33.8 Å². The lowest BCUT2D eigenvalue weighted by Crippen LogP contribution is -2.27. The molecule has 1 N–H and O–H groups in total. The Morgan fingerprint density at radius 3 is 2.53 bits per heavy atom. The molecule has 86 valence electrons. The second-order valence-corrected chi connectivity index (χ2v) is 5.25. The number of hydrogen-bond acceptors (Lipinski definition) is 3. The first kappa shape index (κ1) is 11.9. The van der Waals surface area contributed by atoms with E-state index in [2.05, 4.69) is 36.1 Å². The molecule has 4 heteroatoms. The number of nitrogens with zero attached hydrogens (tertiary/aromatic N) is 2. The summed E-state index contributed by atoms with van der Waals surface area (Å²) in [5.74, 6) is 0.794. The molecule has 0 saturated carbocycles. The molecule has 1 aromatic carbocycles. The van der Waals surface area contributed by atoms with E-state index in [0.717, 1.165) is 22.5 Å². The summed E-state index contributed by atoms with van der Waals surface area (Å²) in [6.45, 7) is 8.22. The molecule has 0 bridgehead atoms. The molecule has 0 spiro atoms. The van der Waals surface area contributed by atoms with Crippen LogP contribution < -0.4 is 10.8 Å². The average molecular weight is 225 g/mol. The van der Waals surface area contributed by atoms with Crippen molar-refractivity contribution in [1.29, 1.82) is 0 Å². The van der Waals surface area contributed by atoms with Gasteiger partial charge in [0.2, 0.25) is 0 Å². The average Bonchev–Trinajstić information content (AvgIpc) is 2.18. The van der Waals surface area contributed by atoms with Gasteiger partial charge in [-0.15, -0.1) is 0 Å². The van der Waals surface area contributed by atoms with Gasteiger partial charge >= 0.3 is 0 Å². The van der Waals surface area contributed by atoms with E-state index in [1.165, 1.54) is 0 Å². The van der Waals surface area contributed by atoms with Crippen molar-refractivity contribution in [1.82, 2.24) is 9.97 Å². The minimum absolute atomic E-state index is 0.0450. The van der Waals surface area contributed by atoms with Crippen LogP contribution >= 0.6 is 0 Å². The van der Waals surface area contributed by atoms with Crippen LogP contribution in [0.3, 0.4) is 0 Å². The van der Waals surface area contributed by atoms with Gasteiger partial charge in [-0.3, -0.25) is 0 Å². The van der Waals surface area contributed by atoms with E-state index in [9.17, 15) is 0 Å². The van der Waals surface area contributed by atoms with Crippen molar-refractivity contribution >= 4 is 30.2 Å². The zero-order valence-corrected chi connectivity index (χ0v) is 10.7. The number of nitrogens with one attached hydrogen (secondary N) is 1. The van der Waals surface area contributed by atoms with Crippen LogP contribution in [0.5, 0.6) is 0 Å². The van der Waals surface area contributed by atoms with Gasteiger partial charge in [-0.1, -0.05) is 17.6 Å². The fourth-order valence-electron chi connectivity index (χ4n) is 1.66. The van der Waals surface area contributed by atoms with E-state index in [1.807, 2.05) is 25.1 Å². The van der Waals surface area contributed by atoms with Gasteiger partial charge in [-0.2, -0.15) is 0 Å². The van der Waals surface area contributed by atoms with Crippen molar-refractivity contribution < 1.29 is 0 Å². The molecular weight excluding hydrogens is 209 g/mol. The summed E-state index contributed by atoms with van der Waals surface area (Å²) in [6, 6.07) is 5.66. The lowest BCUT2D eigenvalue weighted by atomic mass is 9.94. The fourth-order valence-corrected chi connectivity index (χ4v) is 1.66. The van der Waals surface area contributed by atoms with Crippen LogP contribution in [0.25, 0.3) is 11.0 Å². The maximum atomic E-state index is 5.91. The Morgan fingerprint density at radius 2 is 1.88 bits per heavy atom. The molecular formula is C13H16BN3. The quantitative estimate of drug-likeness (QED) is 0.753. The number of aromatic nitrogens is 2. The van der Waals surface area contributed by atoms with Crippen molar-refractivity contribution in [3.05, 3.63) is 23.9 Å². The first-order chi connectivity index (χ1) is 7.87. The van der Waals surface area contributed by atoms with E-state index in [0.29, 0.717) is 5.46 Å². The second kappa shape index (κ2) is 4.02. The number of rotatable bonds is 1. The first-order valence-electron chi connectivity index (χ1n) is 5.68. The summed E-state index contributed by atoms with van der Waals surface area (Å²) >= 11 is 0. The summed E-state index contributed by atoms with van der Waals surface area (Å²) < 4.78 is 0. The third kappa shape index (κ3) is 2.57. The highest BCUT2D eigenvalue weighted by molar-refractivity contribution is 6.38. The lowest BCUT2D eigenvalue weighted by Gasteiger charge is -2.22. The van der Waals surface area contributed by atoms with Gasteiger partial charge in [0.05, 0.1) is 16.7 Å². The molecule has 0 fully saturated rings. The summed E-state index contributed by atoms with van der Waals surface area (Å²) in [6.07, 6.45) is 0. The monoisotopic (exact) mass is 225 g/mol. The van der Waals surface area contributed by atoms with Crippen molar-refractivity contribution in [3.8, 4) is 0 Å². The van der Waals surface area contributed by atoms with Crippen molar-refractivity contribution in [2.75, 3.05) is 5.32 Å². The molecule has 0 aliphatic heterocycles. The second-order valence-electron chi connectivity index (χ2n) is 5.25. The number of hydrogen-bond donors (Lipinski definition) is 1. The van der Waals surface area contributed by atoms with Crippen LogP contribution in [0.2, 0.25) is 0 Å². The molecule has 1 heterocycles. The molecule has 3 nitrogen and oxygen atoms in total. The summed E-state index contributed by atoms with van der Waals surface area (Å²) in [7, 11) is 5.91. The topological polar surface area (TPSA) is 37.8 Å². The normalized spacial score (nSPS) is 11.8. The largest absolute Gasteiger partial charge is 0.364 e. The SMILES string of the molecule is [B]c1cccc2nc(C)c(NC(C)(C)C)nc12. The minimum atomic E-state index is -0.0450. The van der Waals surface area contributed by atoms with Gasteiger partial charge in [0.15, 0.2) is 0 Å². The molecule has 0 amide bonds. The maximum Gasteiger partial charge on any atom is 0.148 e. The Morgan fingerprint density at radius 1 is 1.18 bits per heavy atom. The molecule has 0 saturated heterocycles. The molecule has 2 aromatic rings. The molecule has 0 aliphatic carbocycles. The summed E-state index contributed by atoms with van der Waals surface area (Å²) in [5.41, 5.74) is 3.09. The van der Waals surface area contributed by atoms with E-state index in [-0.39, 0.29) is 5.54 Å². The number of para-hydroxylation sites is 1. The fraction of sp³-hybridized carbons (Fsp3) is 0.385. The third-order valence-corrected chi connectivity index (χ3v) is 2.39. The van der Waals surface area contributed by atoms with Gasteiger partial charge in [0.25, 0.3) is 0 Å². The van der Waals surface area contributed by atoms with Crippen LogP contribution in [0.1, 0.15) is 26.5 Å². The van der Waals surface area contributed by atoms with Gasteiger partial charge in [-0.25, -0.2) is 9.97 Å². The van der Waals surface area contributed by atoms with E-state index < -0.39 is 0 Å². The van der Waals surface area contributed by atoms with E-state index >= 15 is 0 Å². The van der Waals surface area contributed by atoms with Gasteiger partial charge in [0.1, 0.15) is 13.7 Å². The number of anilines is 1. The number of aryl methyl sites for hydroxylation is 1. The van der Waals surface area contributed by atoms with Crippen LogP contribution in [-0.4, -0.2) is 23.4 Å². The highest BCUT2D eigenvalue weighted by Gasteiger charge is 2.13. The Hall–Kier alpha value is -1.58. The van der Waals surface area contributed by atoms with E-state index in [1.54, 1.807) is 0 Å². The Labute approximate surface area is 103 Å². The minimum Gasteiger partial charge on any atom is -0.364 e. The Kier molecular flexibility index (Phi) is 2.81. The smallest absolute Gasteiger partial charge is 0.148 e. The highest BCUT2D eigenvalue weighted by Crippen LogP contribution is 2.18. The molecule has 0 atom stereocenters. The zero-order valence-electron chi connectivity index (χ0n) is 10.7. The van der Waals surface area contributed by atoms with Crippen LogP contribution in [0.4, 0.5) is 5.82 Å².